The Bertz CT molecular complexity index is 2740. The molecule has 0 spiro atoms. The molecule has 0 aromatic heterocycles. The molecule has 0 fully saturated rings. The monoisotopic (exact) mass is 1250 g/mol. The van der Waals surface area contributed by atoms with Crippen LogP contribution in [0.1, 0.15) is 234 Å². The molecule has 0 aromatic carbocycles. The molecular weight excluding hydrogens is 1130 g/mol. The first-order chi connectivity index (χ1) is 42.4. The lowest BCUT2D eigenvalue weighted by atomic mass is 9.74. The van der Waals surface area contributed by atoms with Crippen molar-refractivity contribution < 1.29 is 52.8 Å². The number of rotatable bonds is 32. The third-order valence-corrected chi connectivity index (χ3v) is 17.1. The minimum atomic E-state index is -0.833. The summed E-state index contributed by atoms with van der Waals surface area (Å²) in [5, 5.41) is 10.7. The fourth-order valence-electron chi connectivity index (χ4n) is 11.6. The molecule has 3 rings (SSSR count). The molecular formula is C76H121N3O11. The van der Waals surface area contributed by atoms with Gasteiger partial charge in [0.05, 0.1) is 37.9 Å². The van der Waals surface area contributed by atoms with Crippen molar-refractivity contribution in [1.82, 2.24) is 0 Å². The van der Waals surface area contributed by atoms with Crippen molar-refractivity contribution in [1.29, 1.82) is 0 Å². The zero-order valence-electron chi connectivity index (χ0n) is 59.4. The van der Waals surface area contributed by atoms with Crippen molar-refractivity contribution in [3.8, 4) is 0 Å². The van der Waals surface area contributed by atoms with Crippen LogP contribution in [0, 0.1) is 35.5 Å². The van der Waals surface area contributed by atoms with E-state index in [1.807, 2.05) is 27.7 Å². The number of carbonyl (C=O) groups is 5. The van der Waals surface area contributed by atoms with E-state index < -0.39 is 30.3 Å². The van der Waals surface area contributed by atoms with Gasteiger partial charge in [0, 0.05) is 49.4 Å². The maximum atomic E-state index is 12.8. The maximum absolute atomic E-state index is 12.8. The van der Waals surface area contributed by atoms with Gasteiger partial charge in [-0.15, -0.1) is 0 Å². The lowest BCUT2D eigenvalue weighted by molar-refractivity contribution is -0.151. The highest BCUT2D eigenvalue weighted by molar-refractivity contribution is 5.98. The predicted octanol–water partition coefficient (Wildman–Crippen LogP) is 16.7. The molecule has 0 aliphatic heterocycles. The number of nitrogens with two attached hydrogens (primary N) is 3. The van der Waals surface area contributed by atoms with Gasteiger partial charge < -0.3 is 46.0 Å². The van der Waals surface area contributed by atoms with E-state index in [0.717, 1.165) is 77.0 Å². The van der Waals surface area contributed by atoms with Crippen LogP contribution in [-0.4, -0.2) is 73.5 Å². The van der Waals surface area contributed by atoms with Gasteiger partial charge in [-0.2, -0.15) is 0 Å². The molecule has 3 aliphatic rings. The molecule has 9 atom stereocenters. The molecule has 3 aliphatic carbocycles. The fraction of sp³-hybridized carbons (Fsp3) is 0.618. The Morgan fingerprint density at radius 1 is 0.422 bits per heavy atom. The van der Waals surface area contributed by atoms with Crippen LogP contribution < -0.4 is 17.2 Å². The summed E-state index contributed by atoms with van der Waals surface area (Å²) in [6.07, 6.45) is 33.8. The number of aliphatic hydroxyl groups excluding tert-OH is 1. The number of allylic oxidation sites excluding steroid dienone is 21. The van der Waals surface area contributed by atoms with Crippen LogP contribution in [0.25, 0.3) is 0 Å². The van der Waals surface area contributed by atoms with Gasteiger partial charge in [-0.05, 0) is 199 Å². The minimum Gasteiger partial charge on any atom is -0.491 e. The van der Waals surface area contributed by atoms with Crippen molar-refractivity contribution in [2.45, 2.75) is 252 Å². The molecule has 90 heavy (non-hydrogen) atoms. The fourth-order valence-corrected chi connectivity index (χ4v) is 11.6. The van der Waals surface area contributed by atoms with E-state index >= 15 is 0 Å². The molecule has 14 nitrogen and oxygen atoms in total. The summed E-state index contributed by atoms with van der Waals surface area (Å²) in [6, 6.07) is 0. The average Bonchev–Trinajstić information content (AvgIpc) is 0.959. The Morgan fingerprint density at radius 2 is 0.722 bits per heavy atom. The summed E-state index contributed by atoms with van der Waals surface area (Å²) in [5.41, 5.74) is 31.1. The molecule has 0 saturated heterocycles. The first kappa shape index (κ1) is 81.6. The predicted molar refractivity (Wildman–Crippen MR) is 369 cm³/mol. The van der Waals surface area contributed by atoms with Gasteiger partial charge in [0.25, 0.3) is 0 Å². The first-order valence-electron chi connectivity index (χ1n) is 33.1. The molecule has 0 amide bonds. The lowest BCUT2D eigenvalue weighted by Gasteiger charge is -2.36. The number of ether oxygens (including phenoxy) is 5. The van der Waals surface area contributed by atoms with Crippen LogP contribution in [0.4, 0.5) is 0 Å². The Balaban J connectivity index is 0.000000675. The summed E-state index contributed by atoms with van der Waals surface area (Å²) in [7, 11) is 2.84. The highest BCUT2D eigenvalue weighted by atomic mass is 16.6. The van der Waals surface area contributed by atoms with E-state index in [4.69, 9.17) is 40.9 Å². The summed E-state index contributed by atoms with van der Waals surface area (Å²) < 4.78 is 26.8. The van der Waals surface area contributed by atoms with Crippen molar-refractivity contribution in [2.75, 3.05) is 20.8 Å². The minimum absolute atomic E-state index is 0.0665. The summed E-state index contributed by atoms with van der Waals surface area (Å²) in [5.74, 6) is -2.16. The molecule has 0 bridgehead atoms. The number of hydrogen-bond acceptors (Lipinski definition) is 14. The lowest BCUT2D eigenvalue weighted by Crippen LogP contribution is -2.45. The van der Waals surface area contributed by atoms with E-state index in [-0.39, 0.29) is 87.2 Å². The third kappa shape index (κ3) is 28.8. The summed E-state index contributed by atoms with van der Waals surface area (Å²) in [6.45, 7) is 36.3. The van der Waals surface area contributed by atoms with E-state index in [1.165, 1.54) is 78.2 Å². The number of ketones is 3. The number of carbonyl (C=O) groups excluding carboxylic acids is 5. The van der Waals surface area contributed by atoms with Gasteiger partial charge in [-0.25, -0.2) is 0 Å². The SMILES string of the molecule is CCOC1=C(N)[C@@H](O)[C@@H](C/C=C(\C)CC/C=C(\C)CCC=C(C)C)[C@H](CC)C1=O.CC[C@@H]1C(=O)C(OC)=C(N)[C@@H](OC(C)=O)[C@H]1C/C=C(\C)CC/C=C(\C)CCC=C(C)C.COC1=C(N)[C@@H](OC(C)=O)[C@@H](C/C=C(\C)CC/C=C(\C)CCC=C(C)C)[C@H](C)C1=O. The van der Waals surface area contributed by atoms with Crippen molar-refractivity contribution in [3.63, 3.8) is 0 Å². The zero-order chi connectivity index (χ0) is 68.4. The maximum Gasteiger partial charge on any atom is 0.303 e. The van der Waals surface area contributed by atoms with Crippen LogP contribution in [0.2, 0.25) is 0 Å². The highest BCUT2D eigenvalue weighted by Crippen LogP contribution is 2.39. The number of Topliss-reactive ketones (excluding diaryl/α,β-unsaturated/α-hetero) is 3. The standard InChI is InChI=1S/C26H41NO4.C25H39NO4.C25H41NO3/c1-8-21-22(25(31-20(6)28)23(27)26(30-7)24(21)29)16-15-19(5)14-10-13-18(4)12-9-11-17(2)3;1-16(2)10-8-11-17(3)12-9-13-18(4)14-15-21-19(5)23(28)25(29-7)22(26)24(21)30-20(6)27;1-7-20-21(23(27)22(26)25(24(20)28)29-8-2)16-15-19(6)14-10-13-18(5)12-9-11-17(3)4/h11,13,15,21-22,25H,8-10,12,14,16,27H2,1-7H3;10,12,14,19,21,24H,8-9,11,13,15,26H2,1-7H3;11,13,15,20-21,23,27H,7-10,12,14,16,26H2,1-6H3/b18-13+,19-15+;17-12+,18-14+;18-13+,19-15+/t21-,22-,25-;19-,21-,24-;20-,21-,23-/m000/s1. The molecule has 14 heteroatoms. The van der Waals surface area contributed by atoms with Crippen LogP contribution in [-0.2, 0) is 47.7 Å². The average molecular weight is 1250 g/mol. The quantitative estimate of drug-likeness (QED) is 0.0363. The van der Waals surface area contributed by atoms with Gasteiger partial charge in [0.2, 0.25) is 17.3 Å². The molecule has 0 saturated carbocycles. The number of methoxy groups -OCH3 is 2. The molecule has 0 radical (unpaired) electrons. The smallest absolute Gasteiger partial charge is 0.303 e. The van der Waals surface area contributed by atoms with E-state index in [9.17, 15) is 29.1 Å². The molecule has 506 valence electrons. The summed E-state index contributed by atoms with van der Waals surface area (Å²) >= 11 is 0. The Labute approximate surface area is 544 Å². The first-order valence-corrected chi connectivity index (χ1v) is 33.1. The molecule has 0 unspecified atom stereocenters. The van der Waals surface area contributed by atoms with Crippen LogP contribution >= 0.6 is 0 Å². The largest absolute Gasteiger partial charge is 0.491 e. The summed E-state index contributed by atoms with van der Waals surface area (Å²) in [4.78, 5) is 61.4. The second-order valence-corrected chi connectivity index (χ2v) is 25.7. The van der Waals surface area contributed by atoms with Crippen molar-refractivity contribution >= 4 is 29.3 Å². The van der Waals surface area contributed by atoms with Crippen molar-refractivity contribution in [2.24, 2.45) is 52.7 Å². The van der Waals surface area contributed by atoms with Gasteiger partial charge in [0.15, 0.2) is 17.3 Å². The van der Waals surface area contributed by atoms with E-state index in [0.29, 0.717) is 38.7 Å². The zero-order valence-corrected chi connectivity index (χ0v) is 59.4. The van der Waals surface area contributed by atoms with Crippen LogP contribution in [0.3, 0.4) is 0 Å². The highest BCUT2D eigenvalue weighted by Gasteiger charge is 2.46. The van der Waals surface area contributed by atoms with Gasteiger partial charge in [-0.1, -0.05) is 126 Å². The molecule has 0 aromatic rings. The second kappa shape index (κ2) is 43.4. The second-order valence-electron chi connectivity index (χ2n) is 25.7. The van der Waals surface area contributed by atoms with E-state index in [2.05, 4.69) is 138 Å². The Hall–Kier alpha value is -6.41. The van der Waals surface area contributed by atoms with Gasteiger partial charge >= 0.3 is 11.9 Å². The third-order valence-electron chi connectivity index (χ3n) is 17.1. The van der Waals surface area contributed by atoms with Gasteiger partial charge in [0.1, 0.15) is 18.3 Å². The van der Waals surface area contributed by atoms with Crippen molar-refractivity contribution in [3.05, 3.63) is 139 Å². The van der Waals surface area contributed by atoms with Crippen LogP contribution in [0.5, 0.6) is 0 Å². The molecule has 7 N–H and O–H groups in total. The Kier molecular flexibility index (Phi) is 39.3. The Morgan fingerprint density at radius 3 is 1.06 bits per heavy atom. The normalized spacial score (nSPS) is 22.9. The number of hydrogen-bond donors (Lipinski definition) is 4. The topological polar surface area (TPSA) is 230 Å². The number of esters is 2. The van der Waals surface area contributed by atoms with Crippen LogP contribution in [0.15, 0.2) is 139 Å². The van der Waals surface area contributed by atoms with Gasteiger partial charge in [-0.3, -0.25) is 24.0 Å². The van der Waals surface area contributed by atoms with E-state index in [1.54, 1.807) is 0 Å². The molecule has 0 heterocycles. The number of aliphatic hydroxyl groups is 1.